The average molecular weight is 409 g/mol. The number of nitrogens with zero attached hydrogens (tertiary/aromatic N) is 2. The maximum atomic E-state index is 13.0. The molecule has 0 aromatic carbocycles. The van der Waals surface area contributed by atoms with E-state index < -0.39 is 11.7 Å². The summed E-state index contributed by atoms with van der Waals surface area (Å²) in [5, 5.41) is 3.79. The van der Waals surface area contributed by atoms with E-state index >= 15 is 0 Å². The van der Waals surface area contributed by atoms with Crippen molar-refractivity contribution in [2.45, 2.75) is 83.1 Å². The molecular weight excluding hydrogens is 379 g/mol. The Labute approximate surface area is 170 Å². The summed E-state index contributed by atoms with van der Waals surface area (Å²) in [7, 11) is 0. The lowest BCUT2D eigenvalue weighted by atomic mass is 9.85. The predicted molar refractivity (Wildman–Crippen MR) is 104 cm³/mol. The van der Waals surface area contributed by atoms with Crippen LogP contribution in [0.3, 0.4) is 0 Å². The van der Waals surface area contributed by atoms with Gasteiger partial charge in [-0.05, 0) is 49.7 Å². The van der Waals surface area contributed by atoms with Gasteiger partial charge in [-0.1, -0.05) is 19.8 Å². The SMILES string of the molecule is CC1CCCCC1N[C@@H]1CCC(C(=O)N2CCc3ncc(C(F)(F)F)cc3C2)C1. The van der Waals surface area contributed by atoms with Crippen LogP contribution in [0.15, 0.2) is 12.3 Å². The molecule has 0 radical (unpaired) electrons. The lowest BCUT2D eigenvalue weighted by molar-refractivity contribution is -0.137. The van der Waals surface area contributed by atoms with Crippen molar-refractivity contribution in [1.29, 1.82) is 0 Å². The number of rotatable bonds is 3. The molecule has 0 spiro atoms. The van der Waals surface area contributed by atoms with Crippen LogP contribution >= 0.6 is 0 Å². The fraction of sp³-hybridized carbons (Fsp3) is 0.727. The van der Waals surface area contributed by atoms with E-state index in [4.69, 9.17) is 0 Å². The molecule has 0 saturated heterocycles. The third-order valence-electron chi connectivity index (χ3n) is 7.02. The van der Waals surface area contributed by atoms with Crippen molar-refractivity contribution in [3.05, 3.63) is 29.1 Å². The van der Waals surface area contributed by atoms with Crippen molar-refractivity contribution >= 4 is 5.91 Å². The number of nitrogens with one attached hydrogen (secondary N) is 1. The minimum atomic E-state index is -4.41. The predicted octanol–water partition coefficient (Wildman–Crippen LogP) is 4.32. The first-order chi connectivity index (χ1) is 13.8. The van der Waals surface area contributed by atoms with Gasteiger partial charge in [-0.3, -0.25) is 9.78 Å². The number of aromatic nitrogens is 1. The van der Waals surface area contributed by atoms with Crippen LogP contribution in [0.25, 0.3) is 0 Å². The van der Waals surface area contributed by atoms with E-state index in [-0.39, 0.29) is 18.4 Å². The Balaban J connectivity index is 1.36. The van der Waals surface area contributed by atoms with Crippen molar-refractivity contribution in [2.24, 2.45) is 11.8 Å². The number of hydrogen-bond acceptors (Lipinski definition) is 3. The van der Waals surface area contributed by atoms with Gasteiger partial charge in [0.15, 0.2) is 0 Å². The van der Waals surface area contributed by atoms with Gasteiger partial charge in [0, 0.05) is 49.4 Å². The molecule has 29 heavy (non-hydrogen) atoms. The number of carbonyl (C=O) groups is 1. The Morgan fingerprint density at radius 3 is 2.76 bits per heavy atom. The molecule has 1 aromatic rings. The largest absolute Gasteiger partial charge is 0.417 e. The van der Waals surface area contributed by atoms with Crippen LogP contribution in [-0.2, 0) is 23.9 Å². The summed E-state index contributed by atoms with van der Waals surface area (Å²) >= 11 is 0. The molecule has 1 aliphatic heterocycles. The van der Waals surface area contributed by atoms with E-state index in [1.807, 2.05) is 0 Å². The molecule has 4 nitrogen and oxygen atoms in total. The Hall–Kier alpha value is -1.63. The standard InChI is InChI=1S/C22H30F3N3O/c1-14-4-2-3-5-19(14)27-18-7-6-15(11-18)21(29)28-9-8-20-16(13-28)10-17(12-26-20)22(23,24)25/h10,12,14-15,18-19,27H,2-9,11,13H2,1H3/t14?,15?,18-,19?/m1/s1. The summed E-state index contributed by atoms with van der Waals surface area (Å²) < 4.78 is 39.0. The van der Waals surface area contributed by atoms with Crippen LogP contribution in [0.1, 0.15) is 68.7 Å². The minimum absolute atomic E-state index is 0.0216. The van der Waals surface area contributed by atoms with E-state index in [0.29, 0.717) is 42.2 Å². The molecule has 2 aliphatic carbocycles. The lowest BCUT2D eigenvalue weighted by Crippen LogP contribution is -2.43. The van der Waals surface area contributed by atoms with Crippen molar-refractivity contribution in [2.75, 3.05) is 6.54 Å². The van der Waals surface area contributed by atoms with E-state index in [0.717, 1.165) is 31.5 Å². The van der Waals surface area contributed by atoms with Gasteiger partial charge < -0.3 is 10.2 Å². The van der Waals surface area contributed by atoms with Gasteiger partial charge in [-0.2, -0.15) is 13.2 Å². The molecule has 2 fully saturated rings. The summed E-state index contributed by atoms with van der Waals surface area (Å²) in [5.74, 6) is 0.758. The third kappa shape index (κ3) is 4.60. The molecule has 1 aromatic heterocycles. The lowest BCUT2D eigenvalue weighted by Gasteiger charge is -2.33. The number of halogens is 3. The molecule has 3 unspecified atom stereocenters. The van der Waals surface area contributed by atoms with E-state index in [2.05, 4.69) is 17.2 Å². The van der Waals surface area contributed by atoms with Crippen LogP contribution in [0.4, 0.5) is 13.2 Å². The highest BCUT2D eigenvalue weighted by atomic mass is 19.4. The zero-order valence-corrected chi connectivity index (χ0v) is 17.0. The van der Waals surface area contributed by atoms with Crippen LogP contribution in [0.2, 0.25) is 0 Å². The van der Waals surface area contributed by atoms with Crippen LogP contribution in [0.5, 0.6) is 0 Å². The molecule has 2 saturated carbocycles. The average Bonchev–Trinajstić information content (AvgIpc) is 3.16. The number of fused-ring (bicyclic) bond motifs is 1. The van der Waals surface area contributed by atoms with Crippen molar-refractivity contribution < 1.29 is 18.0 Å². The second-order valence-electron chi connectivity index (χ2n) is 9.08. The fourth-order valence-electron chi connectivity index (χ4n) is 5.25. The van der Waals surface area contributed by atoms with E-state index in [9.17, 15) is 18.0 Å². The second-order valence-corrected chi connectivity index (χ2v) is 9.08. The smallest absolute Gasteiger partial charge is 0.338 e. The summed E-state index contributed by atoms with van der Waals surface area (Å²) in [6.07, 6.45) is 4.79. The Morgan fingerprint density at radius 1 is 1.21 bits per heavy atom. The number of carbonyl (C=O) groups excluding carboxylic acids is 1. The summed E-state index contributed by atoms with van der Waals surface area (Å²) in [4.78, 5) is 18.8. The Morgan fingerprint density at radius 2 is 2.00 bits per heavy atom. The van der Waals surface area contributed by atoms with Crippen molar-refractivity contribution in [3.63, 3.8) is 0 Å². The van der Waals surface area contributed by atoms with Gasteiger partial charge in [-0.15, -0.1) is 0 Å². The monoisotopic (exact) mass is 409 g/mol. The summed E-state index contributed by atoms with van der Waals surface area (Å²) in [6.45, 7) is 3.08. The molecule has 1 amide bonds. The van der Waals surface area contributed by atoms with Gasteiger partial charge >= 0.3 is 6.18 Å². The van der Waals surface area contributed by atoms with Gasteiger partial charge in [0.25, 0.3) is 0 Å². The first-order valence-electron chi connectivity index (χ1n) is 10.9. The minimum Gasteiger partial charge on any atom is -0.338 e. The third-order valence-corrected chi connectivity index (χ3v) is 7.02. The van der Waals surface area contributed by atoms with Crippen LogP contribution in [0, 0.1) is 11.8 Å². The number of hydrogen-bond donors (Lipinski definition) is 1. The number of alkyl halides is 3. The molecule has 4 atom stereocenters. The maximum Gasteiger partial charge on any atom is 0.417 e. The second kappa shape index (κ2) is 8.25. The van der Waals surface area contributed by atoms with E-state index in [1.165, 1.54) is 25.7 Å². The van der Waals surface area contributed by atoms with Gasteiger partial charge in [0.05, 0.1) is 5.56 Å². The van der Waals surface area contributed by atoms with Gasteiger partial charge in [0.1, 0.15) is 0 Å². The number of pyridine rings is 1. The molecular formula is C22H30F3N3O. The van der Waals surface area contributed by atoms with Crippen LogP contribution < -0.4 is 5.32 Å². The van der Waals surface area contributed by atoms with E-state index in [1.54, 1.807) is 4.90 Å². The first kappa shape index (κ1) is 20.6. The highest BCUT2D eigenvalue weighted by Crippen LogP contribution is 2.34. The first-order valence-corrected chi connectivity index (χ1v) is 10.9. The summed E-state index contributed by atoms with van der Waals surface area (Å²) in [5.41, 5.74) is 0.472. The summed E-state index contributed by atoms with van der Waals surface area (Å²) in [6, 6.07) is 2.09. The highest BCUT2D eigenvalue weighted by molar-refractivity contribution is 5.79. The molecule has 1 N–H and O–H groups in total. The van der Waals surface area contributed by atoms with Crippen molar-refractivity contribution in [3.8, 4) is 0 Å². The molecule has 2 heterocycles. The molecule has 7 heteroatoms. The van der Waals surface area contributed by atoms with Gasteiger partial charge in [-0.25, -0.2) is 0 Å². The maximum absolute atomic E-state index is 13.0. The Kier molecular flexibility index (Phi) is 5.87. The zero-order chi connectivity index (χ0) is 20.6. The van der Waals surface area contributed by atoms with Crippen LogP contribution in [-0.4, -0.2) is 34.4 Å². The highest BCUT2D eigenvalue weighted by Gasteiger charge is 2.37. The molecule has 0 bridgehead atoms. The van der Waals surface area contributed by atoms with Gasteiger partial charge in [0.2, 0.25) is 5.91 Å². The normalized spacial score (nSPS) is 30.3. The molecule has 4 rings (SSSR count). The fourth-order valence-corrected chi connectivity index (χ4v) is 5.25. The number of amides is 1. The molecule has 3 aliphatic rings. The topological polar surface area (TPSA) is 45.2 Å². The quantitative estimate of drug-likeness (QED) is 0.809. The Bertz CT molecular complexity index is 751. The zero-order valence-electron chi connectivity index (χ0n) is 17.0. The molecule has 160 valence electrons. The van der Waals surface area contributed by atoms with Crippen molar-refractivity contribution in [1.82, 2.24) is 15.2 Å².